The van der Waals surface area contributed by atoms with E-state index in [0.29, 0.717) is 0 Å². The Morgan fingerprint density at radius 1 is 0.431 bits per heavy atom. The maximum absolute atomic E-state index is 3.92. The second-order valence-corrected chi connectivity index (χ2v) is 14.8. The molecule has 0 aliphatic heterocycles. The SMILES string of the molecule is C=C/C=C\c1c(C)c2ccccc2n1-c1cccc(-c2ccc(N(c3ccc(-c4ccccc4)cc3)c3ccc(-c4cccc(-c5ccc(C)cc5)c4)cc3)cc2)c1. The Morgan fingerprint density at radius 3 is 1.45 bits per heavy atom. The fraction of sp³-hybridized carbons (Fsp3) is 0.0357. The monoisotopic (exact) mass is 744 g/mol. The number of allylic oxidation sites excluding steroid dienone is 2. The Hall–Kier alpha value is -7.42. The quantitative estimate of drug-likeness (QED) is 0.127. The summed E-state index contributed by atoms with van der Waals surface area (Å²) in [6, 6.07) is 72.3. The van der Waals surface area contributed by atoms with Gasteiger partial charge in [-0.05, 0) is 131 Å². The van der Waals surface area contributed by atoms with Crippen molar-refractivity contribution in [1.82, 2.24) is 4.57 Å². The summed E-state index contributed by atoms with van der Waals surface area (Å²) < 4.78 is 2.35. The molecule has 0 amide bonds. The van der Waals surface area contributed by atoms with Gasteiger partial charge >= 0.3 is 0 Å². The molecule has 0 radical (unpaired) electrons. The van der Waals surface area contributed by atoms with Crippen molar-refractivity contribution in [2.24, 2.45) is 0 Å². The van der Waals surface area contributed by atoms with Crippen LogP contribution in [0.3, 0.4) is 0 Å². The zero-order chi connectivity index (χ0) is 39.4. The van der Waals surface area contributed by atoms with Crippen molar-refractivity contribution >= 4 is 34.0 Å². The Kier molecular flexibility index (Phi) is 9.98. The summed E-state index contributed by atoms with van der Waals surface area (Å²) in [6.45, 7) is 8.25. The van der Waals surface area contributed by atoms with Crippen LogP contribution in [0.15, 0.2) is 219 Å². The van der Waals surface area contributed by atoms with Gasteiger partial charge in [-0.3, -0.25) is 0 Å². The van der Waals surface area contributed by atoms with Crippen LogP contribution in [0.25, 0.3) is 67.2 Å². The van der Waals surface area contributed by atoms with Crippen molar-refractivity contribution in [1.29, 1.82) is 0 Å². The van der Waals surface area contributed by atoms with E-state index in [4.69, 9.17) is 0 Å². The predicted molar refractivity (Wildman–Crippen MR) is 248 cm³/mol. The summed E-state index contributed by atoms with van der Waals surface area (Å²) >= 11 is 0. The Labute approximate surface area is 342 Å². The number of aryl methyl sites for hydroxylation is 2. The first-order chi connectivity index (χ1) is 28.5. The summed E-state index contributed by atoms with van der Waals surface area (Å²) in [5.41, 5.74) is 18.8. The first-order valence-electron chi connectivity index (χ1n) is 19.9. The molecule has 2 heteroatoms. The van der Waals surface area contributed by atoms with Crippen LogP contribution < -0.4 is 4.90 Å². The maximum Gasteiger partial charge on any atom is 0.0537 e. The van der Waals surface area contributed by atoms with E-state index in [1.54, 1.807) is 0 Å². The first-order valence-corrected chi connectivity index (χ1v) is 19.9. The second-order valence-electron chi connectivity index (χ2n) is 14.8. The molecule has 8 aromatic carbocycles. The van der Waals surface area contributed by atoms with Gasteiger partial charge in [0.05, 0.1) is 5.52 Å². The number of para-hydroxylation sites is 1. The molecular weight excluding hydrogens is 701 g/mol. The standard InChI is InChI=1S/C56H44N2/c1-4-5-20-55-41(3)54-19-9-10-21-56(54)58(55)53-18-12-17-49(39-53)46-30-36-52(37-31-46)57(50-32-26-43(27-33-50)42-13-7-6-8-14-42)51-34-28-45(29-35-51)48-16-11-15-47(38-48)44-24-22-40(2)23-25-44/h4-39H,1H2,2-3H3/b20-5-. The van der Waals surface area contributed by atoms with Crippen molar-refractivity contribution in [3.8, 4) is 50.2 Å². The van der Waals surface area contributed by atoms with Crippen LogP contribution in [0.4, 0.5) is 17.1 Å². The van der Waals surface area contributed by atoms with Gasteiger partial charge in [0, 0.05) is 33.8 Å². The minimum atomic E-state index is 1.09. The lowest BCUT2D eigenvalue weighted by atomic mass is 9.98. The van der Waals surface area contributed by atoms with Gasteiger partial charge in [-0.25, -0.2) is 0 Å². The van der Waals surface area contributed by atoms with Crippen molar-refractivity contribution in [3.63, 3.8) is 0 Å². The van der Waals surface area contributed by atoms with E-state index in [1.807, 2.05) is 12.2 Å². The van der Waals surface area contributed by atoms with Crippen LogP contribution in [-0.4, -0.2) is 4.57 Å². The van der Waals surface area contributed by atoms with Gasteiger partial charge in [0.15, 0.2) is 0 Å². The number of hydrogen-bond donors (Lipinski definition) is 0. The van der Waals surface area contributed by atoms with Gasteiger partial charge in [-0.2, -0.15) is 0 Å². The normalized spacial score (nSPS) is 11.3. The van der Waals surface area contributed by atoms with Crippen LogP contribution in [0.1, 0.15) is 16.8 Å². The highest BCUT2D eigenvalue weighted by Crippen LogP contribution is 2.39. The Balaban J connectivity index is 1.07. The van der Waals surface area contributed by atoms with Crippen molar-refractivity contribution in [2.45, 2.75) is 13.8 Å². The Morgan fingerprint density at radius 2 is 0.879 bits per heavy atom. The number of hydrogen-bond acceptors (Lipinski definition) is 1. The van der Waals surface area contributed by atoms with Crippen LogP contribution >= 0.6 is 0 Å². The van der Waals surface area contributed by atoms with E-state index in [1.165, 1.54) is 55.4 Å². The largest absolute Gasteiger partial charge is 0.311 e. The number of aromatic nitrogens is 1. The summed E-state index contributed by atoms with van der Waals surface area (Å²) in [4.78, 5) is 2.34. The number of benzene rings is 8. The van der Waals surface area contributed by atoms with Gasteiger partial charge in [-0.15, -0.1) is 0 Å². The third-order valence-corrected chi connectivity index (χ3v) is 11.1. The van der Waals surface area contributed by atoms with Gasteiger partial charge in [-0.1, -0.05) is 164 Å². The topological polar surface area (TPSA) is 8.17 Å². The van der Waals surface area contributed by atoms with Gasteiger partial charge in [0.1, 0.15) is 0 Å². The lowest BCUT2D eigenvalue weighted by Crippen LogP contribution is -2.09. The summed E-state index contributed by atoms with van der Waals surface area (Å²) in [6.07, 6.45) is 6.00. The molecule has 0 unspecified atom stereocenters. The number of fused-ring (bicyclic) bond motifs is 1. The molecule has 9 rings (SSSR count). The molecule has 2 nitrogen and oxygen atoms in total. The summed E-state index contributed by atoms with van der Waals surface area (Å²) in [7, 11) is 0. The molecular formula is C56H44N2. The highest BCUT2D eigenvalue weighted by atomic mass is 15.1. The molecule has 0 N–H and O–H groups in total. The predicted octanol–water partition coefficient (Wildman–Crippen LogP) is 15.6. The summed E-state index contributed by atoms with van der Waals surface area (Å²) in [5.74, 6) is 0. The van der Waals surface area contributed by atoms with Crippen LogP contribution in [-0.2, 0) is 0 Å². The molecule has 0 spiro atoms. The van der Waals surface area contributed by atoms with Crippen LogP contribution in [0, 0.1) is 13.8 Å². The molecule has 0 aliphatic rings. The van der Waals surface area contributed by atoms with E-state index in [-0.39, 0.29) is 0 Å². The molecule has 278 valence electrons. The molecule has 0 bridgehead atoms. The van der Waals surface area contributed by atoms with Gasteiger partial charge < -0.3 is 9.47 Å². The van der Waals surface area contributed by atoms with Crippen molar-refractivity contribution in [2.75, 3.05) is 4.90 Å². The second kappa shape index (κ2) is 16.0. The summed E-state index contributed by atoms with van der Waals surface area (Å²) in [5, 5.41) is 1.25. The highest BCUT2D eigenvalue weighted by molar-refractivity contribution is 5.90. The highest BCUT2D eigenvalue weighted by Gasteiger charge is 2.16. The maximum atomic E-state index is 3.92. The number of anilines is 3. The molecule has 0 saturated carbocycles. The van der Waals surface area contributed by atoms with Crippen molar-refractivity contribution in [3.05, 3.63) is 236 Å². The molecule has 0 atom stereocenters. The zero-order valence-electron chi connectivity index (χ0n) is 32.9. The lowest BCUT2D eigenvalue weighted by Gasteiger charge is -2.26. The average molecular weight is 745 g/mol. The minimum absolute atomic E-state index is 1.09. The van der Waals surface area contributed by atoms with Crippen LogP contribution in [0.5, 0.6) is 0 Å². The van der Waals surface area contributed by atoms with E-state index >= 15 is 0 Å². The first kappa shape index (κ1) is 36.2. The number of rotatable bonds is 10. The van der Waals surface area contributed by atoms with Gasteiger partial charge in [0.25, 0.3) is 0 Å². The molecule has 0 aliphatic carbocycles. The zero-order valence-corrected chi connectivity index (χ0v) is 32.9. The van der Waals surface area contributed by atoms with Gasteiger partial charge in [0.2, 0.25) is 0 Å². The van der Waals surface area contributed by atoms with Crippen molar-refractivity contribution < 1.29 is 0 Å². The third kappa shape index (κ3) is 7.20. The smallest absolute Gasteiger partial charge is 0.0537 e. The van der Waals surface area contributed by atoms with Crippen LogP contribution in [0.2, 0.25) is 0 Å². The van der Waals surface area contributed by atoms with E-state index in [0.717, 1.165) is 39.6 Å². The molecule has 9 aromatic rings. The fourth-order valence-electron chi connectivity index (χ4n) is 7.99. The lowest BCUT2D eigenvalue weighted by molar-refractivity contribution is 1.10. The van der Waals surface area contributed by atoms with E-state index in [9.17, 15) is 0 Å². The molecule has 0 fully saturated rings. The fourth-order valence-corrected chi connectivity index (χ4v) is 7.99. The molecule has 58 heavy (non-hydrogen) atoms. The van der Waals surface area contributed by atoms with E-state index < -0.39 is 0 Å². The molecule has 0 saturated heterocycles. The molecule has 1 aromatic heterocycles. The Bertz CT molecular complexity index is 2880. The third-order valence-electron chi connectivity index (χ3n) is 11.1. The average Bonchev–Trinajstić information content (AvgIpc) is 3.57. The molecule has 1 heterocycles. The number of nitrogens with zero attached hydrogens (tertiary/aromatic N) is 2. The van der Waals surface area contributed by atoms with E-state index in [2.05, 4.69) is 236 Å². The minimum Gasteiger partial charge on any atom is -0.311 e.